The number of rotatable bonds is 3. The van der Waals surface area contributed by atoms with Gasteiger partial charge in [0.15, 0.2) is 16.8 Å². The first-order chi connectivity index (χ1) is 11.6. The van der Waals surface area contributed by atoms with Crippen molar-refractivity contribution in [3.05, 3.63) is 34.9 Å². The van der Waals surface area contributed by atoms with Crippen molar-refractivity contribution in [2.24, 2.45) is 0 Å². The fourth-order valence-corrected chi connectivity index (χ4v) is 1.96. The third-order valence-electron chi connectivity index (χ3n) is 4.28. The van der Waals surface area contributed by atoms with Gasteiger partial charge in [-0.3, -0.25) is 0 Å². The summed E-state index contributed by atoms with van der Waals surface area (Å²) in [5.74, 6) is 0. The van der Waals surface area contributed by atoms with Crippen LogP contribution in [0, 0.1) is 0 Å². The lowest BCUT2D eigenvalue weighted by Gasteiger charge is -2.34. The maximum absolute atomic E-state index is 13.0. The number of hydrogen-bond donors (Lipinski definition) is 3. The van der Waals surface area contributed by atoms with E-state index in [0.717, 1.165) is 0 Å². The Bertz CT molecular complexity index is 590. The second-order valence-electron chi connectivity index (χ2n) is 6.51. The molecular formula is C15H15F9O3. The average molecular weight is 414 g/mol. The van der Waals surface area contributed by atoms with E-state index in [4.69, 9.17) is 0 Å². The summed E-state index contributed by atoms with van der Waals surface area (Å²) < 4.78 is 117. The second-order valence-corrected chi connectivity index (χ2v) is 6.51. The van der Waals surface area contributed by atoms with Crippen LogP contribution in [0.2, 0.25) is 0 Å². The van der Waals surface area contributed by atoms with E-state index in [1.54, 1.807) is 0 Å². The number of benzene rings is 1. The molecule has 0 heterocycles. The van der Waals surface area contributed by atoms with Gasteiger partial charge in [-0.15, -0.1) is 0 Å². The monoisotopic (exact) mass is 414 g/mol. The van der Waals surface area contributed by atoms with E-state index in [-0.39, 0.29) is 39.0 Å². The van der Waals surface area contributed by atoms with Crippen molar-refractivity contribution in [3.63, 3.8) is 0 Å². The largest absolute Gasteiger partial charge is 0.421 e. The van der Waals surface area contributed by atoms with E-state index in [9.17, 15) is 54.8 Å². The molecule has 3 atom stereocenters. The minimum absolute atomic E-state index is 0.0803. The minimum Gasteiger partial charge on any atom is -0.376 e. The molecule has 0 amide bonds. The van der Waals surface area contributed by atoms with Gasteiger partial charge in [0, 0.05) is 0 Å². The molecule has 3 nitrogen and oxygen atoms in total. The summed E-state index contributed by atoms with van der Waals surface area (Å²) in [6.45, 7) is 0.335. The quantitative estimate of drug-likeness (QED) is 0.656. The zero-order chi connectivity index (χ0) is 21.9. The van der Waals surface area contributed by atoms with Crippen LogP contribution < -0.4 is 0 Å². The van der Waals surface area contributed by atoms with E-state index in [2.05, 4.69) is 0 Å². The van der Waals surface area contributed by atoms with Crippen molar-refractivity contribution in [1.29, 1.82) is 0 Å². The van der Waals surface area contributed by atoms with Gasteiger partial charge in [0.1, 0.15) is 0 Å². The summed E-state index contributed by atoms with van der Waals surface area (Å²) in [5, 5.41) is 29.0. The smallest absolute Gasteiger partial charge is 0.376 e. The highest BCUT2D eigenvalue weighted by atomic mass is 19.4. The number of aliphatic hydroxyl groups is 3. The molecule has 0 aliphatic rings. The maximum Gasteiger partial charge on any atom is 0.421 e. The summed E-state index contributed by atoms with van der Waals surface area (Å²) in [6, 6.07) is 0.241. The summed E-state index contributed by atoms with van der Waals surface area (Å²) in [5.41, 5.74) is -15.8. The standard InChI is InChI=1S/C15H15F9O3/c1-10(25,13(16,17)18)7-4-8(11(2,26)14(19,20)21)6-9(5-7)12(3,27)15(22,23)24/h4-6,25-27H,1-3H3. The van der Waals surface area contributed by atoms with Crippen molar-refractivity contribution >= 4 is 0 Å². The lowest BCUT2D eigenvalue weighted by molar-refractivity contribution is -0.264. The molecular weight excluding hydrogens is 399 g/mol. The predicted octanol–water partition coefficient (Wildman–Crippen LogP) is 4.00. The zero-order valence-corrected chi connectivity index (χ0v) is 14.0. The molecule has 0 aromatic heterocycles. The van der Waals surface area contributed by atoms with E-state index in [1.165, 1.54) is 0 Å². The topological polar surface area (TPSA) is 60.7 Å². The van der Waals surface area contributed by atoms with Gasteiger partial charge in [-0.2, -0.15) is 39.5 Å². The molecule has 156 valence electrons. The molecule has 0 saturated carbocycles. The molecule has 1 rings (SSSR count). The fraction of sp³-hybridized carbons (Fsp3) is 0.600. The van der Waals surface area contributed by atoms with E-state index in [0.29, 0.717) is 0 Å². The summed E-state index contributed by atoms with van der Waals surface area (Å²) in [7, 11) is 0. The molecule has 0 saturated heterocycles. The van der Waals surface area contributed by atoms with Gasteiger partial charge in [0.05, 0.1) is 0 Å². The van der Waals surface area contributed by atoms with Crippen LogP contribution in [0.5, 0.6) is 0 Å². The van der Waals surface area contributed by atoms with Gasteiger partial charge in [-0.1, -0.05) is 0 Å². The Hall–Kier alpha value is -1.53. The molecule has 1 aromatic rings. The molecule has 3 N–H and O–H groups in total. The van der Waals surface area contributed by atoms with Gasteiger partial charge in [-0.05, 0) is 55.7 Å². The van der Waals surface area contributed by atoms with Crippen LogP contribution in [0.3, 0.4) is 0 Å². The second kappa shape index (κ2) is 6.24. The highest BCUT2D eigenvalue weighted by molar-refractivity contribution is 5.40. The number of alkyl halides is 9. The van der Waals surface area contributed by atoms with Gasteiger partial charge in [0.25, 0.3) is 0 Å². The maximum atomic E-state index is 13.0. The van der Waals surface area contributed by atoms with Crippen molar-refractivity contribution in [2.45, 2.75) is 56.1 Å². The molecule has 0 spiro atoms. The van der Waals surface area contributed by atoms with Gasteiger partial charge in [0.2, 0.25) is 0 Å². The minimum atomic E-state index is -5.48. The van der Waals surface area contributed by atoms with Crippen molar-refractivity contribution < 1.29 is 54.8 Å². The first-order valence-electron chi connectivity index (χ1n) is 7.10. The average Bonchev–Trinajstić information content (AvgIpc) is 2.43. The van der Waals surface area contributed by atoms with Gasteiger partial charge in [-0.25, -0.2) is 0 Å². The van der Waals surface area contributed by atoms with Crippen molar-refractivity contribution in [1.82, 2.24) is 0 Å². The zero-order valence-electron chi connectivity index (χ0n) is 14.0. The molecule has 1 aromatic carbocycles. The third kappa shape index (κ3) is 4.02. The number of halogens is 9. The van der Waals surface area contributed by atoms with Crippen LogP contribution in [-0.4, -0.2) is 33.8 Å². The first-order valence-corrected chi connectivity index (χ1v) is 7.10. The summed E-state index contributed by atoms with van der Waals surface area (Å²) in [6.07, 6.45) is -16.4. The highest BCUT2D eigenvalue weighted by Crippen LogP contribution is 2.46. The van der Waals surface area contributed by atoms with Gasteiger partial charge >= 0.3 is 18.5 Å². The van der Waals surface area contributed by atoms with E-state index in [1.807, 2.05) is 0 Å². The molecule has 0 bridgehead atoms. The van der Waals surface area contributed by atoms with Gasteiger partial charge < -0.3 is 15.3 Å². The van der Waals surface area contributed by atoms with Crippen LogP contribution in [-0.2, 0) is 16.8 Å². The highest BCUT2D eigenvalue weighted by Gasteiger charge is 2.57. The summed E-state index contributed by atoms with van der Waals surface area (Å²) in [4.78, 5) is 0. The molecule has 27 heavy (non-hydrogen) atoms. The van der Waals surface area contributed by atoms with Crippen LogP contribution in [0.4, 0.5) is 39.5 Å². The first kappa shape index (κ1) is 23.5. The lowest BCUT2D eigenvalue weighted by atomic mass is 9.82. The molecule has 12 heteroatoms. The Morgan fingerprint density at radius 3 is 0.741 bits per heavy atom. The van der Waals surface area contributed by atoms with E-state index < -0.39 is 52.0 Å². The Balaban J connectivity index is 3.90. The Labute approximate surface area is 147 Å². The van der Waals surface area contributed by atoms with Crippen LogP contribution in [0.25, 0.3) is 0 Å². The van der Waals surface area contributed by atoms with Crippen LogP contribution in [0.1, 0.15) is 37.5 Å². The molecule has 0 radical (unpaired) electrons. The normalized spacial score (nSPS) is 20.6. The molecule has 0 aliphatic carbocycles. The SMILES string of the molecule is CC(O)(c1cc(C(C)(O)C(F)(F)F)cc(C(C)(O)C(F)(F)F)c1)C(F)(F)F. The van der Waals surface area contributed by atoms with E-state index >= 15 is 0 Å². The van der Waals surface area contributed by atoms with Crippen LogP contribution >= 0.6 is 0 Å². The molecule has 0 aliphatic heterocycles. The van der Waals surface area contributed by atoms with Crippen molar-refractivity contribution in [2.75, 3.05) is 0 Å². The third-order valence-corrected chi connectivity index (χ3v) is 4.28. The molecule has 3 unspecified atom stereocenters. The Kier molecular flexibility index (Phi) is 5.43. The molecule has 0 fully saturated rings. The fourth-order valence-electron chi connectivity index (χ4n) is 1.96. The Morgan fingerprint density at radius 2 is 0.630 bits per heavy atom. The van der Waals surface area contributed by atoms with Crippen LogP contribution in [0.15, 0.2) is 18.2 Å². The number of hydrogen-bond acceptors (Lipinski definition) is 3. The van der Waals surface area contributed by atoms with Crippen molar-refractivity contribution in [3.8, 4) is 0 Å². The Morgan fingerprint density at radius 1 is 0.481 bits per heavy atom. The lowest BCUT2D eigenvalue weighted by Crippen LogP contribution is -2.44. The summed E-state index contributed by atoms with van der Waals surface area (Å²) >= 11 is 0. The predicted molar refractivity (Wildman–Crippen MR) is 73.3 cm³/mol.